The highest BCUT2D eigenvalue weighted by Gasteiger charge is 2.46. The van der Waals surface area contributed by atoms with Gasteiger partial charge in [0.25, 0.3) is 0 Å². The number of Topliss-reactive ketones (excluding diaryl/α,β-unsaturated/α-hetero) is 1. The Morgan fingerprint density at radius 3 is 2.72 bits per heavy atom. The van der Waals surface area contributed by atoms with Crippen LogP contribution in [0.4, 0.5) is 5.69 Å². The van der Waals surface area contributed by atoms with Gasteiger partial charge >= 0.3 is 5.97 Å². The monoisotopic (exact) mass is 339 g/mol. The molecule has 0 radical (unpaired) electrons. The first-order valence-corrected chi connectivity index (χ1v) is 8.82. The molecule has 1 aliphatic carbocycles. The van der Waals surface area contributed by atoms with E-state index in [0.717, 1.165) is 40.7 Å². The highest BCUT2D eigenvalue weighted by Crippen LogP contribution is 2.47. The Kier molecular flexibility index (Phi) is 3.96. The van der Waals surface area contributed by atoms with Gasteiger partial charge in [-0.1, -0.05) is 43.2 Å². The van der Waals surface area contributed by atoms with Gasteiger partial charge in [0, 0.05) is 5.92 Å². The molecule has 2 aliphatic rings. The standard InChI is InChI=1S/C20H21NO4/c1-2-25-20(23)18-19(22)15(11-12-7-8-12)17-14-6-4-3-5-13(14)9-10-16(17)21(18)24/h3-6,9-10,12,15,18,24H,2,7-8,11H2,1H3. The van der Waals surface area contributed by atoms with Crippen molar-refractivity contribution in [2.75, 3.05) is 11.7 Å². The normalized spacial score (nSPS) is 22.8. The summed E-state index contributed by atoms with van der Waals surface area (Å²) in [4.78, 5) is 25.4. The molecule has 2 aromatic carbocycles. The molecule has 25 heavy (non-hydrogen) atoms. The van der Waals surface area contributed by atoms with Gasteiger partial charge in [0.15, 0.2) is 5.78 Å². The molecule has 5 nitrogen and oxygen atoms in total. The van der Waals surface area contributed by atoms with Crippen LogP contribution in [0.2, 0.25) is 0 Å². The number of rotatable bonds is 4. The lowest BCUT2D eigenvalue weighted by atomic mass is 9.79. The number of carbonyl (C=O) groups is 2. The molecular formula is C20H21NO4. The predicted octanol–water partition coefficient (Wildman–Crippen LogP) is 3.43. The molecule has 1 aliphatic heterocycles. The van der Waals surface area contributed by atoms with Crippen LogP contribution in [0.3, 0.4) is 0 Å². The quantitative estimate of drug-likeness (QED) is 0.683. The molecule has 4 rings (SSSR count). The molecule has 130 valence electrons. The summed E-state index contributed by atoms with van der Waals surface area (Å²) in [6, 6.07) is 10.3. The lowest BCUT2D eigenvalue weighted by Gasteiger charge is -2.36. The van der Waals surface area contributed by atoms with Gasteiger partial charge in [0.2, 0.25) is 6.04 Å². The molecule has 1 heterocycles. The topological polar surface area (TPSA) is 66.8 Å². The molecule has 1 fully saturated rings. The molecule has 0 bridgehead atoms. The summed E-state index contributed by atoms with van der Waals surface area (Å²) in [5.41, 5.74) is 1.36. The van der Waals surface area contributed by atoms with Gasteiger partial charge in [-0.25, -0.2) is 9.86 Å². The number of esters is 1. The molecule has 5 heteroatoms. The zero-order valence-corrected chi connectivity index (χ0v) is 14.1. The van der Waals surface area contributed by atoms with Crippen molar-refractivity contribution in [3.05, 3.63) is 42.0 Å². The summed E-state index contributed by atoms with van der Waals surface area (Å²) in [6.07, 6.45) is 2.97. The molecule has 1 N–H and O–H groups in total. The third-order valence-electron chi connectivity index (χ3n) is 5.18. The van der Waals surface area contributed by atoms with Crippen LogP contribution < -0.4 is 5.06 Å². The van der Waals surface area contributed by atoms with E-state index < -0.39 is 12.0 Å². The number of ketones is 1. The van der Waals surface area contributed by atoms with Crippen LogP contribution in [-0.2, 0) is 14.3 Å². The molecule has 0 amide bonds. The van der Waals surface area contributed by atoms with Crippen LogP contribution in [0, 0.1) is 5.92 Å². The van der Waals surface area contributed by atoms with E-state index in [1.165, 1.54) is 0 Å². The smallest absolute Gasteiger partial charge is 0.339 e. The van der Waals surface area contributed by atoms with E-state index in [1.54, 1.807) is 13.0 Å². The van der Waals surface area contributed by atoms with E-state index in [9.17, 15) is 14.8 Å². The van der Waals surface area contributed by atoms with Crippen LogP contribution >= 0.6 is 0 Å². The number of hydrogen-bond acceptors (Lipinski definition) is 5. The van der Waals surface area contributed by atoms with E-state index in [4.69, 9.17) is 4.74 Å². The first kappa shape index (κ1) is 16.1. The van der Waals surface area contributed by atoms with Gasteiger partial charge < -0.3 is 4.74 Å². The maximum atomic E-state index is 13.1. The fraction of sp³-hybridized carbons (Fsp3) is 0.400. The Morgan fingerprint density at radius 2 is 2.00 bits per heavy atom. The van der Waals surface area contributed by atoms with E-state index in [2.05, 4.69) is 0 Å². The maximum Gasteiger partial charge on any atom is 0.339 e. The number of carbonyl (C=O) groups excluding carboxylic acids is 2. The Hall–Kier alpha value is -2.40. The van der Waals surface area contributed by atoms with Crippen molar-refractivity contribution < 1.29 is 19.5 Å². The zero-order chi connectivity index (χ0) is 17.6. The third-order valence-corrected chi connectivity index (χ3v) is 5.18. The average Bonchev–Trinajstić information content (AvgIpc) is 3.42. The Morgan fingerprint density at radius 1 is 1.24 bits per heavy atom. The first-order chi connectivity index (χ1) is 12.1. The summed E-state index contributed by atoms with van der Waals surface area (Å²) >= 11 is 0. The van der Waals surface area contributed by atoms with Crippen LogP contribution in [0.15, 0.2) is 36.4 Å². The second-order valence-electron chi connectivity index (χ2n) is 6.85. The summed E-state index contributed by atoms with van der Waals surface area (Å²) in [7, 11) is 0. The number of ether oxygens (including phenoxy) is 1. The maximum absolute atomic E-state index is 13.1. The number of benzene rings is 2. The molecule has 0 saturated heterocycles. The summed E-state index contributed by atoms with van der Waals surface area (Å²) in [5, 5.41) is 13.4. The average molecular weight is 339 g/mol. The summed E-state index contributed by atoms with van der Waals surface area (Å²) < 4.78 is 5.03. The number of anilines is 1. The van der Waals surface area contributed by atoms with E-state index in [1.807, 2.05) is 30.3 Å². The first-order valence-electron chi connectivity index (χ1n) is 8.82. The minimum absolute atomic E-state index is 0.175. The number of nitrogens with zero attached hydrogens (tertiary/aromatic N) is 1. The second kappa shape index (κ2) is 6.15. The van der Waals surface area contributed by atoms with Crippen molar-refractivity contribution in [3.63, 3.8) is 0 Å². The van der Waals surface area contributed by atoms with Gasteiger partial charge in [-0.15, -0.1) is 0 Å². The zero-order valence-electron chi connectivity index (χ0n) is 14.1. The van der Waals surface area contributed by atoms with E-state index in [0.29, 0.717) is 11.6 Å². The molecule has 1 saturated carbocycles. The molecular weight excluding hydrogens is 318 g/mol. The van der Waals surface area contributed by atoms with Gasteiger partial charge in [0.05, 0.1) is 12.3 Å². The van der Waals surface area contributed by atoms with E-state index >= 15 is 0 Å². The molecule has 2 aromatic rings. The van der Waals surface area contributed by atoms with Crippen molar-refractivity contribution in [1.29, 1.82) is 0 Å². The van der Waals surface area contributed by atoms with E-state index in [-0.39, 0.29) is 18.3 Å². The Balaban J connectivity index is 1.87. The minimum Gasteiger partial charge on any atom is -0.464 e. The molecule has 0 spiro atoms. The van der Waals surface area contributed by atoms with Crippen molar-refractivity contribution in [3.8, 4) is 0 Å². The van der Waals surface area contributed by atoms with Crippen molar-refractivity contribution in [2.24, 2.45) is 5.92 Å². The van der Waals surface area contributed by atoms with Crippen LogP contribution in [0.5, 0.6) is 0 Å². The third kappa shape index (κ3) is 2.68. The number of fused-ring (bicyclic) bond motifs is 3. The van der Waals surface area contributed by atoms with Gasteiger partial charge in [-0.3, -0.25) is 10.0 Å². The Labute approximate surface area is 146 Å². The number of hydrogen-bond donors (Lipinski definition) is 1. The van der Waals surface area contributed by atoms with Gasteiger partial charge in [-0.2, -0.15) is 0 Å². The van der Waals surface area contributed by atoms with Crippen LogP contribution in [-0.4, -0.2) is 29.6 Å². The van der Waals surface area contributed by atoms with Gasteiger partial charge in [-0.05, 0) is 41.7 Å². The molecule has 2 atom stereocenters. The van der Waals surface area contributed by atoms with Crippen LogP contribution in [0.1, 0.15) is 37.7 Å². The largest absolute Gasteiger partial charge is 0.464 e. The van der Waals surface area contributed by atoms with Crippen molar-refractivity contribution in [2.45, 2.75) is 38.1 Å². The summed E-state index contributed by atoms with van der Waals surface area (Å²) in [6.45, 7) is 1.87. The number of hydroxylamine groups is 1. The highest BCUT2D eigenvalue weighted by atomic mass is 16.6. The lowest BCUT2D eigenvalue weighted by molar-refractivity contribution is -0.150. The molecule has 0 aromatic heterocycles. The van der Waals surface area contributed by atoms with Crippen molar-refractivity contribution in [1.82, 2.24) is 0 Å². The summed E-state index contributed by atoms with van der Waals surface area (Å²) in [5.74, 6) is -0.813. The second-order valence-corrected chi connectivity index (χ2v) is 6.85. The minimum atomic E-state index is -1.28. The predicted molar refractivity (Wildman–Crippen MR) is 93.7 cm³/mol. The fourth-order valence-electron chi connectivity index (χ4n) is 3.80. The molecule has 2 unspecified atom stereocenters. The van der Waals surface area contributed by atoms with Crippen molar-refractivity contribution >= 4 is 28.2 Å². The van der Waals surface area contributed by atoms with Crippen LogP contribution in [0.25, 0.3) is 10.8 Å². The lowest BCUT2D eigenvalue weighted by Crippen LogP contribution is -2.51. The fourth-order valence-corrected chi connectivity index (χ4v) is 3.80. The highest BCUT2D eigenvalue weighted by molar-refractivity contribution is 6.13. The Bertz CT molecular complexity index is 843. The SMILES string of the molecule is CCOC(=O)C1C(=O)C(CC2CC2)c2c(ccc3ccccc23)N1O. The van der Waals surface area contributed by atoms with Gasteiger partial charge in [0.1, 0.15) is 0 Å².